The summed E-state index contributed by atoms with van der Waals surface area (Å²) in [4.78, 5) is 5.91. The van der Waals surface area contributed by atoms with Crippen molar-refractivity contribution in [2.45, 2.75) is 25.4 Å². The molecule has 2 rings (SSSR count). The van der Waals surface area contributed by atoms with Crippen LogP contribution in [0.5, 0.6) is 0 Å². The van der Waals surface area contributed by atoms with Gasteiger partial charge in [0.05, 0.1) is 11.3 Å². The zero-order valence-electron chi connectivity index (χ0n) is 13.5. The van der Waals surface area contributed by atoms with Crippen molar-refractivity contribution in [2.75, 3.05) is 23.7 Å². The van der Waals surface area contributed by atoms with E-state index >= 15 is 0 Å². The molecule has 0 radical (unpaired) electrons. The Morgan fingerprint density at radius 1 is 1.39 bits per heavy atom. The van der Waals surface area contributed by atoms with Gasteiger partial charge >= 0.3 is 0 Å². The number of nitrogens with zero attached hydrogens (tertiary/aromatic N) is 4. The van der Waals surface area contributed by atoms with Crippen molar-refractivity contribution in [1.29, 1.82) is 5.26 Å². The molecule has 8 heteroatoms. The van der Waals surface area contributed by atoms with Crippen LogP contribution in [0, 0.1) is 18.3 Å². The Labute approximate surface area is 136 Å². The Morgan fingerprint density at radius 3 is 2.61 bits per heavy atom. The molecule has 0 aliphatic carbocycles. The number of nitriles is 1. The average molecular weight is 333 g/mol. The minimum atomic E-state index is -3.85. The lowest BCUT2D eigenvalue weighted by molar-refractivity contribution is 0.598. The van der Waals surface area contributed by atoms with Gasteiger partial charge in [-0.25, -0.2) is 4.98 Å². The molecular formula is C15H19N5O2S. The van der Waals surface area contributed by atoms with Gasteiger partial charge in [-0.05, 0) is 32.0 Å². The van der Waals surface area contributed by atoms with Crippen LogP contribution in [0.15, 0.2) is 29.4 Å². The standard InChI is InChI=1S/C15H19N5O2S/c1-5-20-10-15(17-11(20)2)23(21,22)18-14-8-13(19(3)4)7-6-12(14)9-16/h6-8,10,18H,5H2,1-4H3. The highest BCUT2D eigenvalue weighted by Crippen LogP contribution is 2.24. The van der Waals surface area contributed by atoms with Gasteiger partial charge in [-0.3, -0.25) is 4.72 Å². The van der Waals surface area contributed by atoms with Gasteiger partial charge in [0, 0.05) is 32.5 Å². The molecule has 1 N–H and O–H groups in total. The number of nitrogens with one attached hydrogen (secondary N) is 1. The van der Waals surface area contributed by atoms with Crippen molar-refractivity contribution in [2.24, 2.45) is 0 Å². The largest absolute Gasteiger partial charge is 0.378 e. The summed E-state index contributed by atoms with van der Waals surface area (Å²) in [5.41, 5.74) is 1.28. The van der Waals surface area contributed by atoms with Crippen LogP contribution in [0.4, 0.5) is 11.4 Å². The lowest BCUT2D eigenvalue weighted by Crippen LogP contribution is -2.15. The first-order valence-electron chi connectivity index (χ1n) is 7.06. The van der Waals surface area contributed by atoms with Gasteiger partial charge in [0.25, 0.3) is 10.0 Å². The van der Waals surface area contributed by atoms with Gasteiger partial charge < -0.3 is 9.47 Å². The molecule has 0 bridgehead atoms. The molecule has 0 spiro atoms. The maximum atomic E-state index is 12.5. The number of benzene rings is 1. The highest BCUT2D eigenvalue weighted by molar-refractivity contribution is 7.92. The van der Waals surface area contributed by atoms with E-state index in [-0.39, 0.29) is 16.3 Å². The first kappa shape index (κ1) is 16.8. The van der Waals surface area contributed by atoms with Crippen LogP contribution < -0.4 is 9.62 Å². The summed E-state index contributed by atoms with van der Waals surface area (Å²) in [6.45, 7) is 4.29. The van der Waals surface area contributed by atoms with Crippen molar-refractivity contribution in [3.63, 3.8) is 0 Å². The van der Waals surface area contributed by atoms with Crippen LogP contribution in [-0.2, 0) is 16.6 Å². The third kappa shape index (κ3) is 3.46. The lowest BCUT2D eigenvalue weighted by atomic mass is 10.2. The number of hydrogen-bond acceptors (Lipinski definition) is 5. The number of imidazole rings is 1. The third-order valence-corrected chi connectivity index (χ3v) is 4.69. The molecule has 0 unspecified atom stereocenters. The SMILES string of the molecule is CCn1cc(S(=O)(=O)Nc2cc(N(C)C)ccc2C#N)nc1C. The summed E-state index contributed by atoms with van der Waals surface area (Å²) in [6, 6.07) is 6.96. The van der Waals surface area contributed by atoms with Crippen molar-refractivity contribution < 1.29 is 8.42 Å². The van der Waals surface area contributed by atoms with Crippen molar-refractivity contribution >= 4 is 21.4 Å². The Balaban J connectivity index is 2.44. The second kappa shape index (κ2) is 6.30. The van der Waals surface area contributed by atoms with E-state index in [0.717, 1.165) is 5.69 Å². The molecule has 0 amide bonds. The summed E-state index contributed by atoms with van der Waals surface area (Å²) in [7, 11) is -0.173. The Kier molecular flexibility index (Phi) is 4.61. The van der Waals surface area contributed by atoms with Crippen LogP contribution in [0.3, 0.4) is 0 Å². The van der Waals surface area contributed by atoms with Gasteiger partial charge in [0.2, 0.25) is 0 Å². The number of hydrogen-bond donors (Lipinski definition) is 1. The minimum Gasteiger partial charge on any atom is -0.378 e. The summed E-state index contributed by atoms with van der Waals surface area (Å²) >= 11 is 0. The molecule has 0 saturated carbocycles. The fourth-order valence-electron chi connectivity index (χ4n) is 2.12. The maximum absolute atomic E-state index is 12.5. The molecule has 1 aromatic carbocycles. The lowest BCUT2D eigenvalue weighted by Gasteiger charge is -2.15. The van der Waals surface area contributed by atoms with E-state index in [2.05, 4.69) is 9.71 Å². The molecule has 23 heavy (non-hydrogen) atoms. The summed E-state index contributed by atoms with van der Waals surface area (Å²) in [5, 5.41) is 9.12. The average Bonchev–Trinajstić information content (AvgIpc) is 2.88. The van der Waals surface area contributed by atoms with Crippen LogP contribution in [0.1, 0.15) is 18.3 Å². The molecule has 0 fully saturated rings. The van der Waals surface area contributed by atoms with E-state index in [1.807, 2.05) is 32.0 Å². The number of aryl methyl sites for hydroxylation is 2. The normalized spacial score (nSPS) is 11.1. The Hall–Kier alpha value is -2.53. The molecular weight excluding hydrogens is 314 g/mol. The Bertz CT molecular complexity index is 862. The van der Waals surface area contributed by atoms with Gasteiger partial charge in [0.1, 0.15) is 11.9 Å². The number of rotatable bonds is 5. The van der Waals surface area contributed by atoms with Crippen molar-refractivity contribution in [1.82, 2.24) is 9.55 Å². The molecule has 0 saturated heterocycles. The smallest absolute Gasteiger partial charge is 0.280 e. The van der Waals surface area contributed by atoms with Crippen molar-refractivity contribution in [3.05, 3.63) is 35.8 Å². The molecule has 1 heterocycles. The number of anilines is 2. The van der Waals surface area contributed by atoms with Crippen molar-refractivity contribution in [3.8, 4) is 6.07 Å². The van der Waals surface area contributed by atoms with E-state index in [0.29, 0.717) is 12.4 Å². The van der Waals surface area contributed by atoms with E-state index in [9.17, 15) is 13.7 Å². The zero-order valence-corrected chi connectivity index (χ0v) is 14.3. The Morgan fingerprint density at radius 2 is 2.09 bits per heavy atom. The van der Waals surface area contributed by atoms with Gasteiger partial charge in [-0.1, -0.05) is 0 Å². The topological polar surface area (TPSA) is 91.0 Å². The predicted octanol–water partition coefficient (Wildman–Crippen LogP) is 1.95. The first-order chi connectivity index (χ1) is 10.8. The van der Waals surface area contributed by atoms with Crippen LogP contribution >= 0.6 is 0 Å². The van der Waals surface area contributed by atoms with Crippen LogP contribution in [0.2, 0.25) is 0 Å². The number of sulfonamides is 1. The summed E-state index contributed by atoms with van der Waals surface area (Å²) in [5.74, 6) is 0.621. The second-order valence-electron chi connectivity index (χ2n) is 5.25. The minimum absolute atomic E-state index is 0.0593. The third-order valence-electron chi connectivity index (χ3n) is 3.45. The molecule has 2 aromatic rings. The van der Waals surface area contributed by atoms with E-state index in [1.54, 1.807) is 29.7 Å². The molecule has 0 aliphatic heterocycles. The number of aromatic nitrogens is 2. The molecule has 0 atom stereocenters. The molecule has 0 aliphatic rings. The van der Waals surface area contributed by atoms with E-state index in [1.165, 1.54) is 6.20 Å². The zero-order chi connectivity index (χ0) is 17.2. The molecule has 7 nitrogen and oxygen atoms in total. The quantitative estimate of drug-likeness (QED) is 0.903. The second-order valence-corrected chi connectivity index (χ2v) is 6.88. The molecule has 1 aromatic heterocycles. The fraction of sp³-hybridized carbons (Fsp3) is 0.333. The van der Waals surface area contributed by atoms with Gasteiger partial charge in [-0.2, -0.15) is 13.7 Å². The highest BCUT2D eigenvalue weighted by atomic mass is 32.2. The van der Waals surface area contributed by atoms with E-state index in [4.69, 9.17) is 0 Å². The first-order valence-corrected chi connectivity index (χ1v) is 8.55. The van der Waals surface area contributed by atoms with Crippen LogP contribution in [-0.4, -0.2) is 32.1 Å². The van der Waals surface area contributed by atoms with Gasteiger partial charge in [-0.15, -0.1) is 0 Å². The maximum Gasteiger partial charge on any atom is 0.280 e. The monoisotopic (exact) mass is 333 g/mol. The van der Waals surface area contributed by atoms with Crippen LogP contribution in [0.25, 0.3) is 0 Å². The summed E-state index contributed by atoms with van der Waals surface area (Å²) in [6.07, 6.45) is 1.49. The van der Waals surface area contributed by atoms with E-state index < -0.39 is 10.0 Å². The molecule has 122 valence electrons. The highest BCUT2D eigenvalue weighted by Gasteiger charge is 2.20. The van der Waals surface area contributed by atoms with Gasteiger partial charge in [0.15, 0.2) is 5.03 Å². The predicted molar refractivity (Wildman–Crippen MR) is 88.9 cm³/mol. The fourth-order valence-corrected chi connectivity index (χ4v) is 3.20. The summed E-state index contributed by atoms with van der Waals surface area (Å²) < 4.78 is 29.3.